The fraction of sp³-hybridized carbons (Fsp3) is 0.500. The lowest BCUT2D eigenvalue weighted by atomic mass is 10.0. The van der Waals surface area contributed by atoms with E-state index in [2.05, 4.69) is 5.32 Å². The Morgan fingerprint density at radius 3 is 2.69 bits per heavy atom. The molecular weight excluding hydrogens is 209 g/mol. The van der Waals surface area contributed by atoms with Crippen molar-refractivity contribution in [1.29, 1.82) is 0 Å². The van der Waals surface area contributed by atoms with Gasteiger partial charge in [-0.1, -0.05) is 6.07 Å². The van der Waals surface area contributed by atoms with Crippen molar-refractivity contribution in [3.05, 3.63) is 29.3 Å². The number of aliphatic hydroxyl groups excluding tert-OH is 1. The van der Waals surface area contributed by atoms with Gasteiger partial charge in [-0.05, 0) is 31.7 Å². The van der Waals surface area contributed by atoms with Crippen LogP contribution in [0.1, 0.15) is 30.3 Å². The Kier molecular flexibility index (Phi) is 4.71. The van der Waals surface area contributed by atoms with E-state index in [0.29, 0.717) is 23.4 Å². The monoisotopic (exact) mass is 227 g/mol. The maximum absolute atomic E-state index is 13.2. The quantitative estimate of drug-likeness (QED) is 0.808. The summed E-state index contributed by atoms with van der Waals surface area (Å²) < 4.78 is 18.3. The summed E-state index contributed by atoms with van der Waals surface area (Å²) in [5.41, 5.74) is 1.16. The van der Waals surface area contributed by atoms with E-state index < -0.39 is 12.3 Å². The maximum atomic E-state index is 13.2. The van der Waals surface area contributed by atoms with Gasteiger partial charge in [-0.15, -0.1) is 0 Å². The van der Waals surface area contributed by atoms with Crippen molar-refractivity contribution >= 4 is 0 Å². The van der Waals surface area contributed by atoms with Crippen LogP contribution in [0.3, 0.4) is 0 Å². The molecule has 0 amide bonds. The number of hydrogen-bond donors (Lipinski definition) is 2. The van der Waals surface area contributed by atoms with Crippen LogP contribution in [0, 0.1) is 0 Å². The summed E-state index contributed by atoms with van der Waals surface area (Å²) in [6, 6.07) is 4.99. The van der Waals surface area contributed by atoms with Crippen molar-refractivity contribution in [1.82, 2.24) is 5.32 Å². The van der Waals surface area contributed by atoms with Crippen LogP contribution in [-0.2, 0) is 0 Å². The van der Waals surface area contributed by atoms with Gasteiger partial charge in [-0.3, -0.25) is 0 Å². The van der Waals surface area contributed by atoms with Crippen molar-refractivity contribution in [2.75, 3.05) is 20.7 Å². The topological polar surface area (TPSA) is 41.5 Å². The number of ether oxygens (including phenoxy) is 1. The van der Waals surface area contributed by atoms with Crippen molar-refractivity contribution in [3.8, 4) is 5.75 Å². The largest absolute Gasteiger partial charge is 0.496 e. The highest BCUT2D eigenvalue weighted by Gasteiger charge is 2.15. The number of benzene rings is 1. The molecule has 16 heavy (non-hydrogen) atoms. The molecule has 90 valence electrons. The zero-order chi connectivity index (χ0) is 12.1. The molecule has 2 N–H and O–H groups in total. The molecule has 1 aromatic carbocycles. The minimum atomic E-state index is -1.05. The minimum Gasteiger partial charge on any atom is -0.496 e. The summed E-state index contributed by atoms with van der Waals surface area (Å²) in [5.74, 6) is 0.576. The van der Waals surface area contributed by atoms with Gasteiger partial charge in [0.1, 0.15) is 11.9 Å². The number of alkyl halides is 1. The van der Waals surface area contributed by atoms with E-state index in [1.165, 1.54) is 14.0 Å². The summed E-state index contributed by atoms with van der Waals surface area (Å²) in [6.45, 7) is 1.87. The molecule has 0 bridgehead atoms. The van der Waals surface area contributed by atoms with Gasteiger partial charge < -0.3 is 15.2 Å². The Morgan fingerprint density at radius 2 is 2.19 bits per heavy atom. The third-order valence-corrected chi connectivity index (χ3v) is 2.47. The summed E-state index contributed by atoms with van der Waals surface area (Å²) in [7, 11) is 3.28. The lowest BCUT2D eigenvalue weighted by Crippen LogP contribution is -2.17. The van der Waals surface area contributed by atoms with Crippen molar-refractivity contribution in [2.24, 2.45) is 0 Å². The molecule has 3 nitrogen and oxygen atoms in total. The molecule has 0 aliphatic heterocycles. The average molecular weight is 227 g/mol. The number of nitrogens with one attached hydrogen (secondary N) is 1. The first kappa shape index (κ1) is 12.9. The number of halogens is 1. The molecule has 0 fully saturated rings. The highest BCUT2D eigenvalue weighted by atomic mass is 19.1. The molecule has 2 atom stereocenters. The fourth-order valence-corrected chi connectivity index (χ4v) is 1.56. The van der Waals surface area contributed by atoms with Crippen LogP contribution in [0.25, 0.3) is 0 Å². The number of likely N-dealkylation sites (N-methyl/N-ethyl adjacent to an activating group) is 1. The summed E-state index contributed by atoms with van der Waals surface area (Å²) in [6.07, 6.45) is -1.75. The first-order chi connectivity index (χ1) is 7.60. The standard InChI is InChI=1S/C12H18FNO2/c1-8(13)9-4-5-12(16-3)10(6-9)11(15)7-14-2/h4-6,8,11,14-15H,7H2,1-3H3. The second kappa shape index (κ2) is 5.82. The van der Waals surface area contributed by atoms with E-state index in [1.807, 2.05) is 0 Å². The SMILES string of the molecule is CNCC(O)c1cc(C(C)F)ccc1OC. The first-order valence-corrected chi connectivity index (χ1v) is 5.24. The molecule has 1 aromatic rings. The third kappa shape index (κ3) is 2.93. The van der Waals surface area contributed by atoms with Crippen LogP contribution in [-0.4, -0.2) is 25.8 Å². The zero-order valence-electron chi connectivity index (χ0n) is 9.83. The van der Waals surface area contributed by atoms with Crippen LogP contribution in [0.4, 0.5) is 4.39 Å². The molecule has 4 heteroatoms. The normalized spacial score (nSPS) is 14.6. The van der Waals surface area contributed by atoms with Gasteiger partial charge >= 0.3 is 0 Å². The van der Waals surface area contributed by atoms with Gasteiger partial charge in [-0.2, -0.15) is 0 Å². The lowest BCUT2D eigenvalue weighted by molar-refractivity contribution is 0.173. The molecule has 0 aliphatic rings. The summed E-state index contributed by atoms with van der Waals surface area (Å²) in [5, 5.41) is 12.7. The first-order valence-electron chi connectivity index (χ1n) is 5.24. The molecule has 0 heterocycles. The van der Waals surface area contributed by atoms with Crippen molar-refractivity contribution in [3.63, 3.8) is 0 Å². The highest BCUT2D eigenvalue weighted by Crippen LogP contribution is 2.29. The Labute approximate surface area is 95.2 Å². The van der Waals surface area contributed by atoms with Gasteiger partial charge in [-0.25, -0.2) is 4.39 Å². The minimum absolute atomic E-state index is 0.403. The maximum Gasteiger partial charge on any atom is 0.124 e. The van der Waals surface area contributed by atoms with Gasteiger partial charge in [0.15, 0.2) is 0 Å². The van der Waals surface area contributed by atoms with Gasteiger partial charge in [0.25, 0.3) is 0 Å². The van der Waals surface area contributed by atoms with Gasteiger partial charge in [0, 0.05) is 12.1 Å². The summed E-state index contributed by atoms with van der Waals surface area (Å²) >= 11 is 0. The van der Waals surface area contributed by atoms with E-state index >= 15 is 0 Å². The van der Waals surface area contributed by atoms with E-state index in [9.17, 15) is 9.50 Å². The van der Waals surface area contributed by atoms with E-state index in [1.54, 1.807) is 25.2 Å². The second-order valence-electron chi connectivity index (χ2n) is 3.69. The van der Waals surface area contributed by atoms with Gasteiger partial charge in [0.05, 0.1) is 13.2 Å². The van der Waals surface area contributed by atoms with Crippen LogP contribution in [0.15, 0.2) is 18.2 Å². The van der Waals surface area contributed by atoms with Crippen LogP contribution in [0.5, 0.6) is 5.75 Å². The van der Waals surface area contributed by atoms with E-state index in [0.717, 1.165) is 0 Å². The average Bonchev–Trinajstić information content (AvgIpc) is 2.28. The third-order valence-electron chi connectivity index (χ3n) is 2.47. The molecule has 0 aromatic heterocycles. The number of rotatable bonds is 5. The molecule has 0 saturated carbocycles. The van der Waals surface area contributed by atoms with Crippen molar-refractivity contribution in [2.45, 2.75) is 19.2 Å². The molecule has 2 unspecified atom stereocenters. The number of aliphatic hydroxyl groups is 1. The Bertz CT molecular complexity index is 342. The summed E-state index contributed by atoms with van der Waals surface area (Å²) in [4.78, 5) is 0. The molecule has 0 spiro atoms. The second-order valence-corrected chi connectivity index (χ2v) is 3.69. The molecule has 0 radical (unpaired) electrons. The Morgan fingerprint density at radius 1 is 1.50 bits per heavy atom. The molecule has 0 aliphatic carbocycles. The fourth-order valence-electron chi connectivity index (χ4n) is 1.56. The van der Waals surface area contributed by atoms with Crippen molar-refractivity contribution < 1.29 is 14.2 Å². The van der Waals surface area contributed by atoms with Crippen LogP contribution in [0.2, 0.25) is 0 Å². The molecule has 1 rings (SSSR count). The van der Waals surface area contributed by atoms with Crippen LogP contribution >= 0.6 is 0 Å². The van der Waals surface area contributed by atoms with E-state index in [4.69, 9.17) is 4.74 Å². The molecule has 0 saturated heterocycles. The van der Waals surface area contributed by atoms with Gasteiger partial charge in [0.2, 0.25) is 0 Å². The van der Waals surface area contributed by atoms with Crippen LogP contribution < -0.4 is 10.1 Å². The smallest absolute Gasteiger partial charge is 0.124 e. The predicted octanol–water partition coefficient (Wildman–Crippen LogP) is 1.98. The Hall–Kier alpha value is -1.13. The zero-order valence-corrected chi connectivity index (χ0v) is 9.83. The molecular formula is C12H18FNO2. The highest BCUT2D eigenvalue weighted by molar-refractivity contribution is 5.39. The lowest BCUT2D eigenvalue weighted by Gasteiger charge is -2.16. The predicted molar refractivity (Wildman–Crippen MR) is 61.4 cm³/mol. The number of hydrogen-bond acceptors (Lipinski definition) is 3. The van der Waals surface area contributed by atoms with E-state index in [-0.39, 0.29) is 0 Å². The Balaban J connectivity index is 3.06. The number of methoxy groups -OCH3 is 1.